The highest BCUT2D eigenvalue weighted by molar-refractivity contribution is 6.01. The average Bonchev–Trinajstić information content (AvgIpc) is 3.32. The largest absolute Gasteiger partial charge is 0.456 e. The van der Waals surface area contributed by atoms with Crippen LogP contribution in [0.5, 0.6) is 0 Å². The van der Waals surface area contributed by atoms with Gasteiger partial charge < -0.3 is 9.32 Å². The molecule has 0 radical (unpaired) electrons. The first-order valence-corrected chi connectivity index (χ1v) is 8.67. The van der Waals surface area contributed by atoms with E-state index in [2.05, 4.69) is 0 Å². The molecule has 0 spiro atoms. The lowest BCUT2D eigenvalue weighted by Crippen LogP contribution is -2.28. The van der Waals surface area contributed by atoms with Gasteiger partial charge in [-0.3, -0.25) is 14.9 Å². The van der Waals surface area contributed by atoms with Gasteiger partial charge in [0.25, 0.3) is 11.6 Å². The first-order chi connectivity index (χ1) is 12.9. The zero-order chi connectivity index (χ0) is 19.6. The number of amides is 1. The van der Waals surface area contributed by atoms with Crippen LogP contribution in [0, 0.1) is 35.3 Å². The first kappa shape index (κ1) is 18.4. The molecule has 138 valence electrons. The first-order valence-electron chi connectivity index (χ1n) is 8.67. The van der Waals surface area contributed by atoms with E-state index < -0.39 is 4.92 Å². The van der Waals surface area contributed by atoms with E-state index >= 15 is 0 Å². The summed E-state index contributed by atoms with van der Waals surface area (Å²) in [7, 11) is 0. The minimum atomic E-state index is -0.447. The fraction of sp³-hybridized carbons (Fsp3) is 0.300. The van der Waals surface area contributed by atoms with E-state index in [0.29, 0.717) is 30.2 Å². The molecule has 1 saturated heterocycles. The van der Waals surface area contributed by atoms with Crippen molar-refractivity contribution in [1.29, 1.82) is 5.26 Å². The van der Waals surface area contributed by atoms with Gasteiger partial charge in [-0.25, -0.2) is 0 Å². The molecule has 0 N–H and O–H groups in total. The Hall–Kier alpha value is -3.40. The molecule has 7 nitrogen and oxygen atoms in total. The van der Waals surface area contributed by atoms with E-state index in [1.807, 2.05) is 19.9 Å². The molecule has 2 aromatic rings. The van der Waals surface area contributed by atoms with E-state index in [1.54, 1.807) is 23.1 Å². The van der Waals surface area contributed by atoms with Crippen LogP contribution in [0.2, 0.25) is 0 Å². The Kier molecular flexibility index (Phi) is 5.08. The Balaban J connectivity index is 1.95. The lowest BCUT2D eigenvalue weighted by atomic mass is 10.0. The molecule has 1 aliphatic heterocycles. The fourth-order valence-corrected chi connectivity index (χ4v) is 3.10. The molecule has 7 heteroatoms. The Bertz CT molecular complexity index is 976. The smallest absolute Gasteiger partial charge is 0.280 e. The van der Waals surface area contributed by atoms with Crippen LogP contribution in [-0.2, 0) is 4.79 Å². The van der Waals surface area contributed by atoms with Crippen LogP contribution in [0.15, 0.2) is 34.3 Å². The summed E-state index contributed by atoms with van der Waals surface area (Å²) in [6, 6.07) is 8.36. The van der Waals surface area contributed by atoms with Crippen LogP contribution < -0.4 is 0 Å². The number of likely N-dealkylation sites (tertiary alicyclic amines) is 1. The number of nitro groups is 1. The maximum atomic E-state index is 12.4. The van der Waals surface area contributed by atoms with E-state index in [9.17, 15) is 20.2 Å². The van der Waals surface area contributed by atoms with E-state index in [-0.39, 0.29) is 17.2 Å². The zero-order valence-corrected chi connectivity index (χ0v) is 15.2. The quantitative estimate of drug-likeness (QED) is 0.353. The lowest BCUT2D eigenvalue weighted by molar-refractivity contribution is -0.384. The maximum absolute atomic E-state index is 12.4. The van der Waals surface area contributed by atoms with Crippen molar-refractivity contribution in [3.8, 4) is 17.4 Å². The summed E-state index contributed by atoms with van der Waals surface area (Å²) in [6.45, 7) is 4.98. The van der Waals surface area contributed by atoms with E-state index in [1.165, 1.54) is 12.1 Å². The molecule has 1 aromatic carbocycles. The minimum Gasteiger partial charge on any atom is -0.456 e. The number of carbonyl (C=O) groups is 1. The summed E-state index contributed by atoms with van der Waals surface area (Å²) < 4.78 is 5.70. The van der Waals surface area contributed by atoms with Crippen molar-refractivity contribution in [3.63, 3.8) is 0 Å². The van der Waals surface area contributed by atoms with E-state index in [0.717, 1.165) is 24.0 Å². The number of nitriles is 1. The van der Waals surface area contributed by atoms with Gasteiger partial charge in [-0.2, -0.15) is 5.26 Å². The molecule has 0 saturated carbocycles. The molecule has 1 fully saturated rings. The predicted octanol–water partition coefficient (Wildman–Crippen LogP) is 4.00. The van der Waals surface area contributed by atoms with Crippen molar-refractivity contribution in [1.82, 2.24) is 4.90 Å². The Morgan fingerprint density at radius 1 is 1.26 bits per heavy atom. The third-order valence-electron chi connectivity index (χ3n) is 4.73. The van der Waals surface area contributed by atoms with Gasteiger partial charge in [0, 0.05) is 25.2 Å². The second-order valence-corrected chi connectivity index (χ2v) is 6.58. The molecule has 2 heterocycles. The summed E-state index contributed by atoms with van der Waals surface area (Å²) in [5.74, 6) is 0.314. The number of aryl methyl sites for hydroxylation is 2. The van der Waals surface area contributed by atoms with Crippen molar-refractivity contribution in [2.24, 2.45) is 0 Å². The predicted molar refractivity (Wildman–Crippen MR) is 99.7 cm³/mol. The SMILES string of the molecule is Cc1cc(-c2ccc(/C=C(\C#N)C(=O)N3CCCC3)o2)c([N+](=O)[O-])cc1C. The number of nitro benzene ring substituents is 1. The zero-order valence-electron chi connectivity index (χ0n) is 15.2. The number of rotatable bonds is 4. The summed E-state index contributed by atoms with van der Waals surface area (Å²) in [4.78, 5) is 25.0. The van der Waals surface area contributed by atoms with Crippen LogP contribution in [0.3, 0.4) is 0 Å². The molecule has 3 rings (SSSR count). The van der Waals surface area contributed by atoms with Crippen molar-refractivity contribution in [2.75, 3.05) is 13.1 Å². The molecule has 1 aliphatic rings. The molecule has 27 heavy (non-hydrogen) atoms. The van der Waals surface area contributed by atoms with Crippen molar-refractivity contribution < 1.29 is 14.1 Å². The number of hydrogen-bond acceptors (Lipinski definition) is 5. The van der Waals surface area contributed by atoms with Gasteiger partial charge >= 0.3 is 0 Å². The lowest BCUT2D eigenvalue weighted by Gasteiger charge is -2.13. The number of benzene rings is 1. The Morgan fingerprint density at radius 2 is 1.93 bits per heavy atom. The highest BCUT2D eigenvalue weighted by Crippen LogP contribution is 2.34. The number of carbonyl (C=O) groups excluding carboxylic acids is 1. The number of nitrogens with zero attached hydrogens (tertiary/aromatic N) is 3. The number of hydrogen-bond donors (Lipinski definition) is 0. The third-order valence-corrected chi connectivity index (χ3v) is 4.73. The monoisotopic (exact) mass is 365 g/mol. The highest BCUT2D eigenvalue weighted by Gasteiger charge is 2.23. The van der Waals surface area contributed by atoms with Gasteiger partial charge in [-0.1, -0.05) is 0 Å². The highest BCUT2D eigenvalue weighted by atomic mass is 16.6. The van der Waals surface area contributed by atoms with Crippen LogP contribution in [0.4, 0.5) is 5.69 Å². The topological polar surface area (TPSA) is 100 Å². The maximum Gasteiger partial charge on any atom is 0.280 e. The fourth-order valence-electron chi connectivity index (χ4n) is 3.10. The number of furan rings is 1. The van der Waals surface area contributed by atoms with Gasteiger partial charge in [0.2, 0.25) is 0 Å². The second kappa shape index (κ2) is 7.46. The van der Waals surface area contributed by atoms with Crippen LogP contribution in [-0.4, -0.2) is 28.8 Å². The summed E-state index contributed by atoms with van der Waals surface area (Å²) in [6.07, 6.45) is 3.26. The van der Waals surface area contributed by atoms with Crippen molar-refractivity contribution >= 4 is 17.7 Å². The molecular weight excluding hydrogens is 346 g/mol. The average molecular weight is 365 g/mol. The molecular formula is C20H19N3O4. The van der Waals surface area contributed by atoms with Gasteiger partial charge in [-0.05, 0) is 56.0 Å². The summed E-state index contributed by atoms with van der Waals surface area (Å²) >= 11 is 0. The van der Waals surface area contributed by atoms with Crippen LogP contribution in [0.25, 0.3) is 17.4 Å². The van der Waals surface area contributed by atoms with Crippen LogP contribution in [0.1, 0.15) is 29.7 Å². The molecule has 0 aliphatic carbocycles. The Labute approximate surface area is 156 Å². The minimum absolute atomic E-state index is 0.00705. The van der Waals surface area contributed by atoms with E-state index in [4.69, 9.17) is 4.42 Å². The van der Waals surface area contributed by atoms with Crippen LogP contribution >= 0.6 is 0 Å². The van der Waals surface area contributed by atoms with Gasteiger partial charge in [0.05, 0.1) is 10.5 Å². The standard InChI is InChI=1S/C20H19N3O4/c1-13-9-17(18(23(25)26)10-14(13)2)19-6-5-16(27-19)11-15(12-21)20(24)22-7-3-4-8-22/h5-6,9-11H,3-4,7-8H2,1-2H3/b15-11+. The second-order valence-electron chi connectivity index (χ2n) is 6.58. The molecule has 1 aromatic heterocycles. The summed E-state index contributed by atoms with van der Waals surface area (Å²) in [5.41, 5.74) is 2.04. The molecule has 0 unspecified atom stereocenters. The summed E-state index contributed by atoms with van der Waals surface area (Å²) in [5, 5.41) is 20.7. The van der Waals surface area contributed by atoms with Gasteiger partial charge in [0.15, 0.2) is 0 Å². The van der Waals surface area contributed by atoms with Crippen molar-refractivity contribution in [3.05, 3.63) is 56.8 Å². The third kappa shape index (κ3) is 3.75. The molecule has 1 amide bonds. The molecule has 0 atom stereocenters. The van der Waals surface area contributed by atoms with Crippen molar-refractivity contribution in [2.45, 2.75) is 26.7 Å². The van der Waals surface area contributed by atoms with Gasteiger partial charge in [-0.15, -0.1) is 0 Å². The molecule has 0 bridgehead atoms. The van der Waals surface area contributed by atoms with Gasteiger partial charge in [0.1, 0.15) is 23.2 Å². The Morgan fingerprint density at radius 3 is 2.56 bits per heavy atom. The normalized spacial score (nSPS) is 14.3.